The summed E-state index contributed by atoms with van der Waals surface area (Å²) < 4.78 is 5.42. The van der Waals surface area contributed by atoms with E-state index in [4.69, 9.17) is 27.9 Å². The van der Waals surface area contributed by atoms with E-state index in [1.165, 1.54) is 0 Å². The van der Waals surface area contributed by atoms with Gasteiger partial charge in [-0.2, -0.15) is 0 Å². The van der Waals surface area contributed by atoms with Crippen molar-refractivity contribution in [2.45, 2.75) is 39.8 Å². The predicted molar refractivity (Wildman–Crippen MR) is 135 cm³/mol. The van der Waals surface area contributed by atoms with Crippen LogP contribution < -0.4 is 10.6 Å². The van der Waals surface area contributed by atoms with Crippen molar-refractivity contribution in [1.82, 2.24) is 25.3 Å². The number of carbonyl (C=O) groups excluding carboxylic acids is 3. The zero-order valence-corrected chi connectivity index (χ0v) is 22.1. The zero-order valence-electron chi connectivity index (χ0n) is 20.6. The molecule has 4 amide bonds. The van der Waals surface area contributed by atoms with Crippen LogP contribution in [0.15, 0.2) is 29.5 Å². The number of nitrogens with one attached hydrogen (secondary N) is 2. The van der Waals surface area contributed by atoms with Crippen molar-refractivity contribution in [3.63, 3.8) is 0 Å². The molecule has 2 aliphatic rings. The lowest BCUT2D eigenvalue weighted by Gasteiger charge is -2.42. The molecule has 1 fully saturated rings. The SMILES string of the molecule is CCNC(=O)N1CCN(CC2=C(C(=O)OCC)[C@H](c3cccc(Cl)c3Cl)NC(=O)N2CC)C[C@@H]1C. The zero-order chi connectivity index (χ0) is 25.7. The van der Waals surface area contributed by atoms with Crippen molar-refractivity contribution < 1.29 is 19.1 Å². The lowest BCUT2D eigenvalue weighted by Crippen LogP contribution is -2.58. The predicted octanol–water partition coefficient (Wildman–Crippen LogP) is 3.63. The van der Waals surface area contributed by atoms with Gasteiger partial charge < -0.3 is 20.3 Å². The molecular weight excluding hydrogens is 493 g/mol. The van der Waals surface area contributed by atoms with Gasteiger partial charge in [-0.15, -0.1) is 0 Å². The third kappa shape index (κ3) is 5.85. The van der Waals surface area contributed by atoms with E-state index < -0.39 is 12.0 Å². The van der Waals surface area contributed by atoms with E-state index in [0.29, 0.717) is 61.1 Å². The van der Waals surface area contributed by atoms with E-state index in [9.17, 15) is 14.4 Å². The Bertz CT molecular complexity index is 1000. The molecule has 0 bridgehead atoms. The Morgan fingerprint density at radius 1 is 1.20 bits per heavy atom. The third-order valence-electron chi connectivity index (χ3n) is 6.22. The van der Waals surface area contributed by atoms with Crippen LogP contribution in [0.2, 0.25) is 10.0 Å². The van der Waals surface area contributed by atoms with Crippen LogP contribution in [-0.2, 0) is 9.53 Å². The number of nitrogens with zero attached hydrogens (tertiary/aromatic N) is 3. The second-order valence-electron chi connectivity index (χ2n) is 8.46. The maximum atomic E-state index is 13.3. The van der Waals surface area contributed by atoms with Gasteiger partial charge in [0, 0.05) is 51.0 Å². The lowest BCUT2D eigenvalue weighted by molar-refractivity contribution is -0.139. The van der Waals surface area contributed by atoms with Crippen LogP contribution in [-0.4, -0.2) is 84.6 Å². The molecule has 0 spiro atoms. The average molecular weight is 526 g/mol. The molecule has 0 aromatic heterocycles. The molecule has 35 heavy (non-hydrogen) atoms. The summed E-state index contributed by atoms with van der Waals surface area (Å²) in [6, 6.07) is 3.87. The Morgan fingerprint density at radius 2 is 1.94 bits per heavy atom. The van der Waals surface area contributed by atoms with Crippen LogP contribution in [0, 0.1) is 0 Å². The monoisotopic (exact) mass is 525 g/mol. The molecule has 1 saturated heterocycles. The number of halogens is 2. The van der Waals surface area contributed by atoms with Crippen LogP contribution in [0.1, 0.15) is 39.3 Å². The number of benzene rings is 1. The average Bonchev–Trinajstić information content (AvgIpc) is 2.81. The molecule has 1 aromatic carbocycles. The normalized spacial score (nSPS) is 21.1. The number of esters is 1. The molecule has 0 saturated carbocycles. The molecule has 2 atom stereocenters. The van der Waals surface area contributed by atoms with E-state index >= 15 is 0 Å². The highest BCUT2D eigenvalue weighted by Gasteiger charge is 2.40. The number of likely N-dealkylation sites (N-methyl/N-ethyl adjacent to an activating group) is 1. The highest BCUT2D eigenvalue weighted by molar-refractivity contribution is 6.42. The van der Waals surface area contributed by atoms with Crippen molar-refractivity contribution >= 4 is 41.2 Å². The standard InChI is InChI=1S/C24H33Cl2N5O4/c1-5-27-23(33)31-12-11-29(13-15(31)4)14-18-19(22(32)35-7-3)21(28-24(34)30(18)6-2)16-9-8-10-17(25)20(16)26/h8-10,15,21H,5-7,11-14H2,1-4H3,(H,27,33)(H,28,34)/t15-,21-/m0/s1. The fourth-order valence-electron chi connectivity index (χ4n) is 4.58. The molecular formula is C24H33Cl2N5O4. The molecule has 3 rings (SSSR count). The van der Waals surface area contributed by atoms with Gasteiger partial charge in [0.2, 0.25) is 0 Å². The van der Waals surface area contributed by atoms with Gasteiger partial charge >= 0.3 is 18.0 Å². The smallest absolute Gasteiger partial charge is 0.338 e. The van der Waals surface area contributed by atoms with Crippen molar-refractivity contribution in [1.29, 1.82) is 0 Å². The van der Waals surface area contributed by atoms with Crippen LogP contribution in [0.4, 0.5) is 9.59 Å². The summed E-state index contributed by atoms with van der Waals surface area (Å²) in [4.78, 5) is 44.3. The first-order valence-corrected chi connectivity index (χ1v) is 12.7. The Morgan fingerprint density at radius 3 is 2.57 bits per heavy atom. The Balaban J connectivity index is 2.00. The van der Waals surface area contributed by atoms with E-state index in [2.05, 4.69) is 15.5 Å². The summed E-state index contributed by atoms with van der Waals surface area (Å²) in [5, 5.41) is 6.36. The van der Waals surface area contributed by atoms with Gasteiger partial charge in [0.1, 0.15) is 0 Å². The number of rotatable bonds is 7. The first-order valence-electron chi connectivity index (χ1n) is 11.9. The van der Waals surface area contributed by atoms with Gasteiger partial charge in [-0.3, -0.25) is 9.80 Å². The Kier molecular flexibility index (Phi) is 9.27. The van der Waals surface area contributed by atoms with Gasteiger partial charge in [-0.05, 0) is 39.3 Å². The van der Waals surface area contributed by atoms with Crippen molar-refractivity contribution in [3.8, 4) is 0 Å². The highest BCUT2D eigenvalue weighted by atomic mass is 35.5. The Hall–Kier alpha value is -2.49. The van der Waals surface area contributed by atoms with E-state index in [-0.39, 0.29) is 29.7 Å². The molecule has 0 unspecified atom stereocenters. The summed E-state index contributed by atoms with van der Waals surface area (Å²) in [7, 11) is 0. The fourth-order valence-corrected chi connectivity index (χ4v) is 4.99. The van der Waals surface area contributed by atoms with Crippen molar-refractivity contribution in [3.05, 3.63) is 45.1 Å². The number of amides is 4. The van der Waals surface area contributed by atoms with Crippen LogP contribution >= 0.6 is 23.2 Å². The maximum absolute atomic E-state index is 13.3. The van der Waals surface area contributed by atoms with Crippen LogP contribution in [0.25, 0.3) is 0 Å². The summed E-state index contributed by atoms with van der Waals surface area (Å²) in [6.07, 6.45) is 0. The number of carbonyl (C=O) groups is 3. The summed E-state index contributed by atoms with van der Waals surface area (Å²) in [5.74, 6) is -0.518. The molecule has 0 aliphatic carbocycles. The highest BCUT2D eigenvalue weighted by Crippen LogP contribution is 2.38. The minimum atomic E-state index is -0.806. The van der Waals surface area contributed by atoms with E-state index in [1.807, 2.05) is 20.8 Å². The lowest BCUT2D eigenvalue weighted by atomic mass is 9.94. The molecule has 1 aromatic rings. The third-order valence-corrected chi connectivity index (χ3v) is 7.05. The van der Waals surface area contributed by atoms with Gasteiger partial charge in [0.05, 0.1) is 28.3 Å². The first kappa shape index (κ1) is 27.1. The molecule has 2 N–H and O–H groups in total. The molecule has 192 valence electrons. The molecule has 2 aliphatic heterocycles. The number of hydrogen-bond acceptors (Lipinski definition) is 5. The number of urea groups is 2. The quantitative estimate of drug-likeness (QED) is 0.530. The second kappa shape index (κ2) is 12.0. The molecule has 2 heterocycles. The van der Waals surface area contributed by atoms with Crippen molar-refractivity contribution in [2.24, 2.45) is 0 Å². The van der Waals surface area contributed by atoms with E-state index in [0.717, 1.165) is 0 Å². The minimum Gasteiger partial charge on any atom is -0.463 e. The number of hydrogen-bond donors (Lipinski definition) is 2. The second-order valence-corrected chi connectivity index (χ2v) is 9.25. The van der Waals surface area contributed by atoms with Crippen molar-refractivity contribution in [2.75, 3.05) is 45.9 Å². The minimum absolute atomic E-state index is 0.0346. The Labute approximate surface area is 216 Å². The van der Waals surface area contributed by atoms with Gasteiger partial charge in [0.15, 0.2) is 0 Å². The van der Waals surface area contributed by atoms with Gasteiger partial charge in [-0.1, -0.05) is 35.3 Å². The summed E-state index contributed by atoms with van der Waals surface area (Å²) >= 11 is 12.7. The largest absolute Gasteiger partial charge is 0.463 e. The fraction of sp³-hybridized carbons (Fsp3) is 0.542. The molecule has 11 heteroatoms. The van der Waals surface area contributed by atoms with E-state index in [1.54, 1.807) is 34.9 Å². The molecule has 9 nitrogen and oxygen atoms in total. The summed E-state index contributed by atoms with van der Waals surface area (Å²) in [5.41, 5.74) is 1.42. The topological polar surface area (TPSA) is 94.2 Å². The maximum Gasteiger partial charge on any atom is 0.338 e. The van der Waals surface area contributed by atoms with Gasteiger partial charge in [-0.25, -0.2) is 14.4 Å². The number of piperazine rings is 1. The first-order chi connectivity index (χ1) is 16.7. The van der Waals surface area contributed by atoms with Gasteiger partial charge in [0.25, 0.3) is 0 Å². The van der Waals surface area contributed by atoms with Crippen LogP contribution in [0.3, 0.4) is 0 Å². The summed E-state index contributed by atoms with van der Waals surface area (Å²) in [6.45, 7) is 10.7. The number of ether oxygens (including phenoxy) is 1. The van der Waals surface area contributed by atoms with Crippen LogP contribution in [0.5, 0.6) is 0 Å². The molecule has 0 radical (unpaired) electrons.